The number of nitro groups is 2. The minimum atomic E-state index is -5.27. The molecule has 3 aromatic carbocycles. The molecule has 0 aliphatic carbocycles. The van der Waals surface area contributed by atoms with Gasteiger partial charge >= 0.3 is 36.3 Å². The fourth-order valence-electron chi connectivity index (χ4n) is 4.34. The highest BCUT2D eigenvalue weighted by molar-refractivity contribution is 8.29. The zero-order valence-electron chi connectivity index (χ0n) is 27.0. The molecule has 0 unspecified atom stereocenters. The van der Waals surface area contributed by atoms with E-state index in [1.807, 2.05) is 5.32 Å². The lowest BCUT2D eigenvalue weighted by atomic mass is 10.1. The van der Waals surface area contributed by atoms with E-state index in [1.165, 1.54) is 24.3 Å². The molecule has 27 heteroatoms. The van der Waals surface area contributed by atoms with Crippen molar-refractivity contribution in [1.29, 1.82) is 0 Å². The maximum atomic E-state index is 13.0. The van der Waals surface area contributed by atoms with Crippen LogP contribution >= 0.6 is 35.0 Å². The van der Waals surface area contributed by atoms with Crippen molar-refractivity contribution in [2.45, 2.75) is 25.0 Å². The van der Waals surface area contributed by atoms with Crippen molar-refractivity contribution < 1.29 is 62.5 Å². The van der Waals surface area contributed by atoms with Crippen LogP contribution in [0.1, 0.15) is 11.1 Å². The molecule has 0 atom stereocenters. The summed E-state index contributed by atoms with van der Waals surface area (Å²) in [6.07, 6.45) is -20.0. The molecule has 0 spiro atoms. The highest BCUT2D eigenvalue weighted by atomic mass is 35.5. The smallest absolute Gasteiger partial charge is 0.328 e. The van der Waals surface area contributed by atoms with Gasteiger partial charge in [0.15, 0.2) is 21.7 Å². The quantitative estimate of drug-likeness (QED) is 0.0870. The summed E-state index contributed by atoms with van der Waals surface area (Å²) in [7, 11) is 0. The molecule has 2 heterocycles. The van der Waals surface area contributed by atoms with Crippen LogP contribution < -0.4 is 10.2 Å². The van der Waals surface area contributed by atoms with Gasteiger partial charge in [0.25, 0.3) is 0 Å². The van der Waals surface area contributed by atoms with Crippen LogP contribution in [-0.4, -0.2) is 43.5 Å². The Bertz CT molecular complexity index is 2260. The lowest BCUT2D eigenvalue weighted by molar-refractivity contribution is -0.392. The summed E-state index contributed by atoms with van der Waals surface area (Å²) in [5.74, 6) is -1.71. The molecule has 57 heavy (non-hydrogen) atoms. The zero-order valence-corrected chi connectivity index (χ0v) is 29.3. The summed E-state index contributed by atoms with van der Waals surface area (Å²) >= 11 is 11.4. The topological polar surface area (TPSA) is 152 Å². The summed E-state index contributed by atoms with van der Waals surface area (Å²) < 4.78 is 154. The van der Waals surface area contributed by atoms with Crippen molar-refractivity contribution in [3.63, 3.8) is 0 Å². The number of nitro benzene ring substituents is 2. The molecule has 5 rings (SSSR count). The molecule has 302 valence electrons. The van der Waals surface area contributed by atoms with Gasteiger partial charge in [0, 0.05) is 18.0 Å². The summed E-state index contributed by atoms with van der Waals surface area (Å²) in [6, 6.07) is 16.0. The first-order chi connectivity index (χ1) is 26.3. The molecule has 1 saturated heterocycles. The van der Waals surface area contributed by atoms with Crippen LogP contribution in [0.15, 0.2) is 94.0 Å². The van der Waals surface area contributed by atoms with E-state index >= 15 is 0 Å². The molecule has 1 fully saturated rings. The number of alkyl halides is 12. The maximum Gasteiger partial charge on any atom is 0.505 e. The van der Waals surface area contributed by atoms with Gasteiger partial charge in [0.1, 0.15) is 10.8 Å². The number of halogens is 14. The first-order valence-electron chi connectivity index (χ1n) is 14.5. The van der Waals surface area contributed by atoms with Crippen LogP contribution in [0, 0.1) is 20.2 Å². The summed E-state index contributed by atoms with van der Waals surface area (Å²) in [6.45, 7) is 0. The highest BCUT2D eigenvalue weighted by Crippen LogP contribution is 2.49. The second-order valence-electron chi connectivity index (χ2n) is 10.5. The van der Waals surface area contributed by atoms with Gasteiger partial charge < -0.3 is 5.32 Å². The number of thioether (sulfide) groups is 1. The molecular weight excluding hydrogens is 867 g/mol. The highest BCUT2D eigenvalue weighted by Gasteiger charge is 2.44. The van der Waals surface area contributed by atoms with E-state index in [0.29, 0.717) is 23.5 Å². The number of amidine groups is 2. The monoisotopic (exact) mass is 880 g/mol. The Hall–Kier alpha value is -5.69. The van der Waals surface area contributed by atoms with Crippen molar-refractivity contribution in [3.8, 4) is 0 Å². The number of nitrogens with zero attached hydrogens (tertiary/aromatic N) is 7. The average Bonchev–Trinajstić information content (AvgIpc) is 3.38. The largest absolute Gasteiger partial charge is 0.505 e. The minimum Gasteiger partial charge on any atom is -0.328 e. The summed E-state index contributed by atoms with van der Waals surface area (Å²) in [4.78, 5) is 33.0. The molecule has 1 aliphatic heterocycles. The van der Waals surface area contributed by atoms with Gasteiger partial charge in [-0.3, -0.25) is 25.1 Å². The molecule has 4 aromatic rings. The van der Waals surface area contributed by atoms with E-state index < -0.39 is 89.7 Å². The Morgan fingerprint density at radius 1 is 0.754 bits per heavy atom. The molecule has 1 aromatic heterocycles. The second-order valence-corrected chi connectivity index (χ2v) is 12.2. The molecule has 0 bridgehead atoms. The Kier molecular flexibility index (Phi) is 13.0. The Morgan fingerprint density at radius 2 is 1.32 bits per heavy atom. The van der Waals surface area contributed by atoms with Crippen molar-refractivity contribution in [2.24, 2.45) is 15.0 Å². The fourth-order valence-corrected chi connectivity index (χ4v) is 5.87. The number of para-hydroxylation sites is 2. The molecular formula is C30H14Cl2F12N8O4S. The number of pyridine rings is 1. The standard InChI is InChI=1S/C17H10F6N4S.C13H4Cl2F6N4O4/c18-16(19,20)25-13-14(26-17(21,22)23)28-15(24-11-7-3-1-4-8-11)27(13)12-9-5-2-6-10-12;14-6-1-4(12(16,17)18)3-22-11(6)23-9-7(24(26)27)2-5(13(19,20)21)8(15)10(9)25(28)29/h1-10H;1-3H,(H,22,23). The maximum absolute atomic E-state index is 13.0. The normalized spacial score (nSPS) is 15.8. The fraction of sp³-hybridized carbons (Fsp3) is 0.133. The number of nitrogens with one attached hydrogen (secondary N) is 1. The molecule has 0 saturated carbocycles. The molecule has 0 radical (unpaired) electrons. The Morgan fingerprint density at radius 3 is 1.79 bits per heavy atom. The van der Waals surface area contributed by atoms with Gasteiger partial charge in [0.05, 0.1) is 31.7 Å². The van der Waals surface area contributed by atoms with Crippen LogP contribution in [0.5, 0.6) is 0 Å². The molecule has 12 nitrogen and oxygen atoms in total. The minimum absolute atomic E-state index is 0.0599. The van der Waals surface area contributed by atoms with Gasteiger partial charge in [-0.2, -0.15) is 36.3 Å². The van der Waals surface area contributed by atoms with Crippen molar-refractivity contribution >= 4 is 85.3 Å². The van der Waals surface area contributed by atoms with Gasteiger partial charge in [-0.1, -0.05) is 59.6 Å². The predicted octanol–water partition coefficient (Wildman–Crippen LogP) is 11.8. The summed E-state index contributed by atoms with van der Waals surface area (Å²) in [5.41, 5.74) is -6.74. The van der Waals surface area contributed by atoms with E-state index in [0.717, 1.165) is 4.90 Å². The van der Waals surface area contributed by atoms with Crippen molar-refractivity contribution in [1.82, 2.24) is 4.98 Å². The first-order valence-corrected chi connectivity index (χ1v) is 16.1. The number of benzene rings is 3. The summed E-state index contributed by atoms with van der Waals surface area (Å²) in [5, 5.41) is 21.0. The average molecular weight is 881 g/mol. The van der Waals surface area contributed by atoms with Crippen molar-refractivity contribution in [2.75, 3.05) is 10.2 Å². The van der Waals surface area contributed by atoms with Crippen LogP contribution in [0.2, 0.25) is 10.0 Å². The number of hydrogen-bond acceptors (Lipinski definition) is 10. The van der Waals surface area contributed by atoms with Crippen LogP contribution in [-0.2, 0) is 12.4 Å². The van der Waals surface area contributed by atoms with E-state index in [-0.39, 0.29) is 23.1 Å². The number of aliphatic imine (C=N–C) groups is 3. The van der Waals surface area contributed by atoms with E-state index in [9.17, 15) is 72.9 Å². The predicted molar refractivity (Wildman–Crippen MR) is 184 cm³/mol. The lowest BCUT2D eigenvalue weighted by Gasteiger charge is -2.19. The number of aromatic nitrogens is 1. The SMILES string of the molecule is FC(F)(F)N=C1SC(=Nc2ccccc2)N(c2ccccc2)C1=NC(F)(F)F.O=[N+]([O-])c1cc(C(F)(F)F)c(Cl)c([N+](=O)[O-])c1Nc1ncc(C(F)(F)F)cc1Cl. The second kappa shape index (κ2) is 16.8. The Balaban J connectivity index is 0.000000253. The van der Waals surface area contributed by atoms with E-state index in [4.69, 9.17) is 23.2 Å². The number of rotatable bonds is 6. The van der Waals surface area contributed by atoms with Crippen LogP contribution in [0.4, 0.5) is 86.9 Å². The van der Waals surface area contributed by atoms with Crippen molar-refractivity contribution in [3.05, 3.63) is 120 Å². The van der Waals surface area contributed by atoms with Gasteiger partial charge in [0.2, 0.25) is 0 Å². The lowest BCUT2D eigenvalue weighted by Crippen LogP contribution is -2.33. The van der Waals surface area contributed by atoms with Gasteiger partial charge in [-0.15, -0.1) is 26.3 Å². The van der Waals surface area contributed by atoms with Gasteiger partial charge in [-0.25, -0.2) is 9.98 Å². The van der Waals surface area contributed by atoms with Crippen LogP contribution in [0.25, 0.3) is 0 Å². The first kappa shape index (κ1) is 44.0. The number of anilines is 3. The third-order valence-corrected chi connectivity index (χ3v) is 8.15. The molecule has 1 aliphatic rings. The van der Waals surface area contributed by atoms with E-state index in [1.54, 1.807) is 36.4 Å². The van der Waals surface area contributed by atoms with Gasteiger partial charge in [-0.05, 0) is 42.1 Å². The third-order valence-electron chi connectivity index (χ3n) is 6.55. The molecule has 1 N–H and O–H groups in total. The number of hydrogen-bond donors (Lipinski definition) is 1. The van der Waals surface area contributed by atoms with Crippen LogP contribution in [0.3, 0.4) is 0 Å². The third kappa shape index (κ3) is 11.4. The van der Waals surface area contributed by atoms with E-state index in [2.05, 4.69) is 20.0 Å². The molecule has 0 amide bonds. The zero-order chi connectivity index (χ0) is 42.7. The Labute approximate surface area is 322 Å².